The zero-order chi connectivity index (χ0) is 24.4. The Balaban J connectivity index is 1.51. The summed E-state index contributed by atoms with van der Waals surface area (Å²) in [6.45, 7) is 1.77. The molecule has 0 bridgehead atoms. The summed E-state index contributed by atoms with van der Waals surface area (Å²) in [6.07, 6.45) is 2.62. The monoisotopic (exact) mass is 467 g/mol. The van der Waals surface area contributed by atoms with E-state index < -0.39 is 23.6 Å². The van der Waals surface area contributed by atoms with Gasteiger partial charge in [0.25, 0.3) is 11.8 Å². The molecule has 5 N–H and O–H groups in total. The average molecular weight is 467 g/mol. The number of carbonyl (C=O) groups is 2. The zero-order valence-corrected chi connectivity index (χ0v) is 18.3. The molecule has 34 heavy (non-hydrogen) atoms. The van der Waals surface area contributed by atoms with Crippen LogP contribution in [-0.2, 0) is 4.79 Å². The third-order valence-corrected chi connectivity index (χ3v) is 5.68. The highest BCUT2D eigenvalue weighted by Crippen LogP contribution is 2.27. The number of aromatic nitrogens is 2. The predicted octanol–water partition coefficient (Wildman–Crippen LogP) is 3.27. The summed E-state index contributed by atoms with van der Waals surface area (Å²) in [5.41, 5.74) is 7.86. The number of aliphatic hydroxyl groups excluding tert-OH is 1. The van der Waals surface area contributed by atoms with E-state index in [9.17, 15) is 23.5 Å². The molecule has 0 spiro atoms. The number of hydrogen-bond donors (Lipinski definition) is 4. The van der Waals surface area contributed by atoms with Crippen molar-refractivity contribution in [1.82, 2.24) is 15.3 Å². The molecule has 1 saturated carbocycles. The topological polar surface area (TPSA) is 130 Å². The highest BCUT2D eigenvalue weighted by atomic mass is 19.1. The molecule has 0 saturated heterocycles. The summed E-state index contributed by atoms with van der Waals surface area (Å²) in [6, 6.07) is 7.44. The van der Waals surface area contributed by atoms with Gasteiger partial charge in [-0.2, -0.15) is 0 Å². The summed E-state index contributed by atoms with van der Waals surface area (Å²) < 4.78 is 26.8. The lowest BCUT2D eigenvalue weighted by atomic mass is 9.93. The number of aliphatic hydroxyl groups is 1. The maximum atomic E-state index is 13.4. The minimum absolute atomic E-state index is 0.0323. The number of halogens is 2. The van der Waals surface area contributed by atoms with Gasteiger partial charge >= 0.3 is 0 Å². The molecule has 0 aliphatic heterocycles. The predicted molar refractivity (Wildman–Crippen MR) is 122 cm³/mol. The van der Waals surface area contributed by atoms with Gasteiger partial charge in [-0.1, -0.05) is 6.07 Å². The first-order chi connectivity index (χ1) is 16.2. The Kier molecular flexibility index (Phi) is 6.51. The molecule has 2 amide bonds. The van der Waals surface area contributed by atoms with E-state index in [1.54, 1.807) is 25.1 Å². The first-order valence-corrected chi connectivity index (χ1v) is 10.7. The zero-order valence-electron chi connectivity index (χ0n) is 18.3. The second-order valence-corrected chi connectivity index (χ2v) is 8.21. The van der Waals surface area contributed by atoms with E-state index in [4.69, 9.17) is 5.73 Å². The number of aryl methyl sites for hydroxylation is 1. The van der Waals surface area contributed by atoms with Crippen LogP contribution in [0.25, 0.3) is 11.3 Å². The largest absolute Gasteiger partial charge is 0.382 e. The normalized spacial score (nSPS) is 14.2. The minimum atomic E-state index is -1.76. The fourth-order valence-electron chi connectivity index (χ4n) is 3.63. The Morgan fingerprint density at radius 3 is 2.47 bits per heavy atom. The molecule has 0 radical (unpaired) electrons. The van der Waals surface area contributed by atoms with E-state index in [0.29, 0.717) is 28.6 Å². The summed E-state index contributed by atoms with van der Waals surface area (Å²) in [5, 5.41) is 15.6. The van der Waals surface area contributed by atoms with Gasteiger partial charge in [-0.15, -0.1) is 0 Å². The van der Waals surface area contributed by atoms with Crippen LogP contribution in [0.4, 0.5) is 20.3 Å². The van der Waals surface area contributed by atoms with E-state index in [1.165, 1.54) is 6.20 Å². The van der Waals surface area contributed by atoms with Crippen molar-refractivity contribution in [3.05, 3.63) is 71.1 Å². The summed E-state index contributed by atoms with van der Waals surface area (Å²) in [4.78, 5) is 33.4. The number of hydrogen-bond acceptors (Lipinski definition) is 6. The lowest BCUT2D eigenvalue weighted by Crippen LogP contribution is -2.40. The molecular formula is C24H23F2N5O3. The fourth-order valence-corrected chi connectivity index (χ4v) is 3.63. The van der Waals surface area contributed by atoms with E-state index in [-0.39, 0.29) is 29.0 Å². The van der Waals surface area contributed by atoms with E-state index in [0.717, 1.165) is 31.4 Å². The molecule has 1 heterocycles. The Morgan fingerprint density at radius 1 is 1.15 bits per heavy atom. The molecule has 8 nitrogen and oxygen atoms in total. The van der Waals surface area contributed by atoms with Crippen molar-refractivity contribution in [3.63, 3.8) is 0 Å². The Bertz CT molecular complexity index is 1240. The molecule has 1 aliphatic rings. The quantitative estimate of drug-likeness (QED) is 0.440. The number of benzene rings is 2. The van der Waals surface area contributed by atoms with Gasteiger partial charge in [-0.25, -0.2) is 18.7 Å². The summed E-state index contributed by atoms with van der Waals surface area (Å²) in [7, 11) is 0. The van der Waals surface area contributed by atoms with Crippen LogP contribution in [0.3, 0.4) is 0 Å². The van der Waals surface area contributed by atoms with Crippen molar-refractivity contribution in [3.8, 4) is 11.3 Å². The molecule has 3 aromatic rings. The van der Waals surface area contributed by atoms with Crippen molar-refractivity contribution >= 4 is 23.3 Å². The highest BCUT2D eigenvalue weighted by molar-refractivity contribution is 5.97. The van der Waals surface area contributed by atoms with Crippen molar-refractivity contribution < 1.29 is 23.5 Å². The molecule has 1 fully saturated rings. The number of nitrogens with zero attached hydrogens (tertiary/aromatic N) is 2. The number of nitrogens with one attached hydrogen (secondary N) is 2. The van der Waals surface area contributed by atoms with E-state index in [2.05, 4.69) is 20.6 Å². The van der Waals surface area contributed by atoms with E-state index in [1.807, 2.05) is 0 Å². The number of nitrogens with two attached hydrogens (primary N) is 1. The van der Waals surface area contributed by atoms with Crippen LogP contribution in [-0.4, -0.2) is 32.9 Å². The van der Waals surface area contributed by atoms with Crippen LogP contribution in [0, 0.1) is 18.6 Å². The number of anilines is 2. The van der Waals surface area contributed by atoms with E-state index >= 15 is 0 Å². The van der Waals surface area contributed by atoms with Gasteiger partial charge in [0.15, 0.2) is 17.6 Å². The van der Waals surface area contributed by atoms with Gasteiger partial charge in [0.1, 0.15) is 11.6 Å². The van der Waals surface area contributed by atoms with Gasteiger partial charge in [-0.3, -0.25) is 9.59 Å². The Labute approximate surface area is 194 Å². The lowest BCUT2D eigenvalue weighted by molar-refractivity contribution is -0.124. The first-order valence-electron chi connectivity index (χ1n) is 10.7. The molecule has 2 aromatic carbocycles. The van der Waals surface area contributed by atoms with Crippen LogP contribution < -0.4 is 16.4 Å². The maximum Gasteiger partial charge on any atom is 0.273 e. The summed E-state index contributed by atoms with van der Waals surface area (Å²) in [5.74, 6) is -2.98. The Hall–Kier alpha value is -3.92. The van der Waals surface area contributed by atoms with Crippen molar-refractivity contribution in [1.29, 1.82) is 0 Å². The molecule has 4 rings (SSSR count). The van der Waals surface area contributed by atoms with Crippen LogP contribution in [0.15, 0.2) is 42.6 Å². The van der Waals surface area contributed by atoms with Crippen molar-refractivity contribution in [2.24, 2.45) is 0 Å². The second-order valence-electron chi connectivity index (χ2n) is 8.21. The van der Waals surface area contributed by atoms with Crippen LogP contribution in [0.1, 0.15) is 47.0 Å². The molecule has 10 heteroatoms. The standard InChI is InChI=1S/C24H23F2N5O3/c1-12-7-17(30-24(34)21(32)13-8-14(25)10-15(26)9-13)5-6-18(12)19-11-28-22(27)20(31-19)23(33)29-16-3-2-4-16/h5-11,16,21,32H,2-4H2,1H3,(H2,27,28)(H,29,33)(H,30,34)/t21-/m1/s1. The lowest BCUT2D eigenvalue weighted by Gasteiger charge is -2.26. The average Bonchev–Trinajstić information content (AvgIpc) is 2.75. The number of carbonyl (C=O) groups excluding carboxylic acids is 2. The Morgan fingerprint density at radius 2 is 1.85 bits per heavy atom. The molecule has 1 aromatic heterocycles. The molecule has 0 unspecified atom stereocenters. The van der Waals surface area contributed by atoms with Gasteiger partial charge < -0.3 is 21.5 Å². The number of rotatable bonds is 6. The SMILES string of the molecule is Cc1cc(NC(=O)[C@H](O)c2cc(F)cc(F)c2)ccc1-c1cnc(N)c(C(=O)NC2CCC2)n1. The van der Waals surface area contributed by atoms with Crippen LogP contribution in [0.2, 0.25) is 0 Å². The first kappa shape index (κ1) is 23.2. The number of nitrogen functional groups attached to an aromatic ring is 1. The molecular weight excluding hydrogens is 444 g/mol. The third kappa shape index (κ3) is 5.01. The molecule has 1 aliphatic carbocycles. The second kappa shape index (κ2) is 9.52. The van der Waals surface area contributed by atoms with Crippen molar-refractivity contribution in [2.45, 2.75) is 38.3 Å². The molecule has 1 atom stereocenters. The van der Waals surface area contributed by atoms with Crippen molar-refractivity contribution in [2.75, 3.05) is 11.1 Å². The summed E-state index contributed by atoms with van der Waals surface area (Å²) >= 11 is 0. The smallest absolute Gasteiger partial charge is 0.273 e. The fraction of sp³-hybridized carbons (Fsp3) is 0.250. The van der Waals surface area contributed by atoms with Crippen LogP contribution in [0.5, 0.6) is 0 Å². The van der Waals surface area contributed by atoms with Crippen LogP contribution >= 0.6 is 0 Å². The number of amides is 2. The third-order valence-electron chi connectivity index (χ3n) is 5.68. The minimum Gasteiger partial charge on any atom is -0.382 e. The van der Waals surface area contributed by atoms with Gasteiger partial charge in [0, 0.05) is 23.4 Å². The molecule has 176 valence electrons. The van der Waals surface area contributed by atoms with Gasteiger partial charge in [0.05, 0.1) is 11.9 Å². The highest BCUT2D eigenvalue weighted by Gasteiger charge is 2.23. The van der Waals surface area contributed by atoms with Gasteiger partial charge in [0.2, 0.25) is 0 Å². The van der Waals surface area contributed by atoms with Gasteiger partial charge in [-0.05, 0) is 61.6 Å². The maximum absolute atomic E-state index is 13.4.